The number of ether oxygens (including phenoxy) is 2. The minimum Gasteiger partial charge on any atom is -0.496 e. The number of carbonyl (C=O) groups excluding carboxylic acids is 1. The highest BCUT2D eigenvalue weighted by Gasteiger charge is 2.11. The third kappa shape index (κ3) is 3.63. The summed E-state index contributed by atoms with van der Waals surface area (Å²) in [6.45, 7) is -0.334. The summed E-state index contributed by atoms with van der Waals surface area (Å²) in [5, 5.41) is 0. The van der Waals surface area contributed by atoms with Crippen molar-refractivity contribution in [1.29, 1.82) is 0 Å². The van der Waals surface area contributed by atoms with E-state index in [1.165, 1.54) is 26.0 Å². The zero-order chi connectivity index (χ0) is 12.7. The van der Waals surface area contributed by atoms with Gasteiger partial charge >= 0.3 is 0 Å². The lowest BCUT2D eigenvalue weighted by Gasteiger charge is -2.11. The number of hydrogen-bond donors (Lipinski definition) is 0. The van der Waals surface area contributed by atoms with Crippen molar-refractivity contribution in [2.45, 2.75) is 11.3 Å². The normalized spacial score (nSPS) is 10.1. The molecule has 0 spiro atoms. The van der Waals surface area contributed by atoms with Crippen molar-refractivity contribution in [3.05, 3.63) is 17.7 Å². The van der Waals surface area contributed by atoms with Gasteiger partial charge in [0.05, 0.1) is 31.4 Å². The van der Waals surface area contributed by atoms with E-state index in [0.717, 1.165) is 11.2 Å². The summed E-state index contributed by atoms with van der Waals surface area (Å²) >= 11 is 1.48. The molecule has 1 aromatic carbocycles. The third-order valence-electron chi connectivity index (χ3n) is 2.18. The molecule has 17 heavy (non-hydrogen) atoms. The number of halogens is 1. The molecule has 0 aliphatic carbocycles. The molecule has 1 rings (SSSR count). The van der Waals surface area contributed by atoms with Crippen molar-refractivity contribution >= 4 is 18.0 Å². The second kappa shape index (κ2) is 7.17. The fraction of sp³-hybridized carbons (Fsp3) is 0.417. The summed E-state index contributed by atoms with van der Waals surface area (Å²) < 4.78 is 22.3. The van der Waals surface area contributed by atoms with E-state index in [1.54, 1.807) is 12.1 Å². The van der Waals surface area contributed by atoms with Crippen molar-refractivity contribution in [1.82, 2.24) is 0 Å². The zero-order valence-electron chi connectivity index (χ0n) is 9.86. The first-order valence-electron chi connectivity index (χ1n) is 5.16. The monoisotopic (exact) mass is 258 g/mol. The molecule has 5 heteroatoms. The van der Waals surface area contributed by atoms with E-state index in [1.807, 2.05) is 0 Å². The van der Waals surface area contributed by atoms with Crippen molar-refractivity contribution < 1.29 is 18.7 Å². The van der Waals surface area contributed by atoms with Gasteiger partial charge in [-0.1, -0.05) is 0 Å². The van der Waals surface area contributed by atoms with Gasteiger partial charge in [0.2, 0.25) is 0 Å². The minimum absolute atomic E-state index is 0.334. The van der Waals surface area contributed by atoms with Crippen LogP contribution >= 0.6 is 11.8 Å². The molecular formula is C12H15FO3S. The summed E-state index contributed by atoms with van der Waals surface area (Å²) in [5.74, 6) is 1.77. The van der Waals surface area contributed by atoms with Crippen LogP contribution in [0.3, 0.4) is 0 Å². The number of alkyl halides is 1. The molecule has 0 aliphatic rings. The molecule has 0 bridgehead atoms. The highest BCUT2D eigenvalue weighted by Crippen LogP contribution is 2.35. The lowest BCUT2D eigenvalue weighted by Crippen LogP contribution is -1.95. The van der Waals surface area contributed by atoms with Crippen LogP contribution in [-0.4, -0.2) is 32.9 Å². The van der Waals surface area contributed by atoms with E-state index in [4.69, 9.17) is 9.47 Å². The molecule has 0 unspecified atom stereocenters. The molecule has 0 amide bonds. The maximum atomic E-state index is 12.0. The average molecular weight is 258 g/mol. The van der Waals surface area contributed by atoms with Gasteiger partial charge < -0.3 is 9.47 Å². The Morgan fingerprint density at radius 1 is 1.29 bits per heavy atom. The van der Waals surface area contributed by atoms with Gasteiger partial charge in [-0.3, -0.25) is 9.18 Å². The van der Waals surface area contributed by atoms with Gasteiger partial charge in [-0.25, -0.2) is 0 Å². The molecule has 0 fully saturated rings. The molecule has 0 N–H and O–H groups in total. The highest BCUT2D eigenvalue weighted by molar-refractivity contribution is 7.99. The van der Waals surface area contributed by atoms with Crippen LogP contribution in [0.25, 0.3) is 0 Å². The first-order chi connectivity index (χ1) is 8.26. The van der Waals surface area contributed by atoms with Crippen LogP contribution < -0.4 is 9.47 Å². The van der Waals surface area contributed by atoms with Crippen LogP contribution in [0, 0.1) is 0 Å². The molecule has 0 atom stereocenters. The summed E-state index contributed by atoms with van der Waals surface area (Å²) in [6.07, 6.45) is 1.21. The number of hydrogen-bond acceptors (Lipinski definition) is 4. The molecule has 94 valence electrons. The molecule has 0 saturated heterocycles. The Labute approximate surface area is 104 Å². The minimum atomic E-state index is -0.334. The molecule has 0 saturated carbocycles. The first kappa shape index (κ1) is 13.8. The van der Waals surface area contributed by atoms with Gasteiger partial charge in [-0.15, -0.1) is 11.8 Å². The molecule has 0 aromatic heterocycles. The first-order valence-corrected chi connectivity index (χ1v) is 6.15. The SMILES string of the molecule is COc1cc(SCCCF)c(OC)cc1C=O. The van der Waals surface area contributed by atoms with Gasteiger partial charge in [-0.2, -0.15) is 0 Å². The fourth-order valence-corrected chi connectivity index (χ4v) is 2.28. The zero-order valence-corrected chi connectivity index (χ0v) is 10.7. The Hall–Kier alpha value is -1.23. The second-order valence-electron chi connectivity index (χ2n) is 3.25. The molecule has 0 aliphatic heterocycles. The summed E-state index contributed by atoms with van der Waals surface area (Å²) in [6, 6.07) is 3.37. The summed E-state index contributed by atoms with van der Waals surface area (Å²) in [7, 11) is 3.04. The van der Waals surface area contributed by atoms with E-state index in [0.29, 0.717) is 29.2 Å². The van der Waals surface area contributed by atoms with E-state index >= 15 is 0 Å². The van der Waals surface area contributed by atoms with Gasteiger partial charge in [0, 0.05) is 5.75 Å². The van der Waals surface area contributed by atoms with Crippen LogP contribution in [0.15, 0.2) is 17.0 Å². The maximum Gasteiger partial charge on any atom is 0.153 e. The average Bonchev–Trinajstić information content (AvgIpc) is 2.38. The Kier molecular flexibility index (Phi) is 5.83. The van der Waals surface area contributed by atoms with Gasteiger partial charge in [-0.05, 0) is 18.6 Å². The van der Waals surface area contributed by atoms with Crippen LogP contribution in [0.2, 0.25) is 0 Å². The van der Waals surface area contributed by atoms with Gasteiger partial charge in [0.1, 0.15) is 11.5 Å². The predicted molar refractivity (Wildman–Crippen MR) is 66.2 cm³/mol. The summed E-state index contributed by atoms with van der Waals surface area (Å²) in [5.41, 5.74) is 0.444. The second-order valence-corrected chi connectivity index (χ2v) is 4.39. The molecule has 0 heterocycles. The number of thioether (sulfide) groups is 1. The van der Waals surface area contributed by atoms with E-state index in [2.05, 4.69) is 0 Å². The van der Waals surface area contributed by atoms with Crippen molar-refractivity contribution in [2.75, 3.05) is 26.6 Å². The summed E-state index contributed by atoms with van der Waals surface area (Å²) in [4.78, 5) is 11.7. The fourth-order valence-electron chi connectivity index (χ4n) is 1.33. The lowest BCUT2D eigenvalue weighted by atomic mass is 10.2. The highest BCUT2D eigenvalue weighted by atomic mass is 32.2. The smallest absolute Gasteiger partial charge is 0.153 e. The van der Waals surface area contributed by atoms with E-state index < -0.39 is 0 Å². The van der Waals surface area contributed by atoms with Crippen LogP contribution in [0.5, 0.6) is 11.5 Å². The number of carbonyl (C=O) groups is 1. The lowest BCUT2D eigenvalue weighted by molar-refractivity contribution is 0.112. The van der Waals surface area contributed by atoms with Crippen LogP contribution in [0.4, 0.5) is 4.39 Å². The predicted octanol–water partition coefficient (Wildman–Crippen LogP) is 2.97. The molecule has 0 radical (unpaired) electrons. The van der Waals surface area contributed by atoms with Crippen molar-refractivity contribution in [3.8, 4) is 11.5 Å². The quantitative estimate of drug-likeness (QED) is 0.428. The van der Waals surface area contributed by atoms with E-state index in [9.17, 15) is 9.18 Å². The number of benzene rings is 1. The number of aldehydes is 1. The van der Waals surface area contributed by atoms with Crippen LogP contribution in [0.1, 0.15) is 16.8 Å². The maximum absolute atomic E-state index is 12.0. The number of methoxy groups -OCH3 is 2. The molecule has 3 nitrogen and oxygen atoms in total. The van der Waals surface area contributed by atoms with Crippen molar-refractivity contribution in [3.63, 3.8) is 0 Å². The Bertz CT molecular complexity index is 382. The van der Waals surface area contributed by atoms with Crippen molar-refractivity contribution in [2.24, 2.45) is 0 Å². The molecular weight excluding hydrogens is 243 g/mol. The largest absolute Gasteiger partial charge is 0.496 e. The topological polar surface area (TPSA) is 35.5 Å². The Balaban J connectivity index is 2.97. The molecule has 1 aromatic rings. The van der Waals surface area contributed by atoms with E-state index in [-0.39, 0.29) is 6.67 Å². The van der Waals surface area contributed by atoms with Crippen LogP contribution in [-0.2, 0) is 0 Å². The third-order valence-corrected chi connectivity index (χ3v) is 3.30. The van der Waals surface area contributed by atoms with Gasteiger partial charge in [0.25, 0.3) is 0 Å². The standard InChI is InChI=1S/C12H15FO3S/c1-15-10-7-12(17-5-3-4-13)11(16-2)6-9(10)8-14/h6-8H,3-5H2,1-2H3. The number of rotatable bonds is 7. The Morgan fingerprint density at radius 2 is 2.00 bits per heavy atom. The Morgan fingerprint density at radius 3 is 2.53 bits per heavy atom. The van der Waals surface area contributed by atoms with Gasteiger partial charge in [0.15, 0.2) is 6.29 Å².